The second kappa shape index (κ2) is 7.22. The molecule has 0 unspecified atom stereocenters. The molecule has 2 aliphatic rings. The number of rotatable bonds is 2. The number of piperazine rings is 1. The van der Waals surface area contributed by atoms with Crippen molar-refractivity contribution in [3.8, 4) is 0 Å². The molecule has 0 aromatic rings. The Morgan fingerprint density at radius 1 is 1.08 bits per heavy atom. The summed E-state index contributed by atoms with van der Waals surface area (Å²) in [7, 11) is 0. The predicted octanol–water partition coefficient (Wildman–Crippen LogP) is 3.30. The van der Waals surface area contributed by atoms with Gasteiger partial charge in [0.05, 0.1) is 0 Å². The molecule has 0 radical (unpaired) electrons. The van der Waals surface area contributed by atoms with Crippen molar-refractivity contribution < 1.29 is 22.8 Å². The first-order valence-electron chi connectivity index (χ1n) is 8.56. The minimum absolute atomic E-state index is 0.0247. The molecule has 140 valence electrons. The Hall–Kier alpha value is -1.79. The van der Waals surface area contributed by atoms with Crippen molar-refractivity contribution in [3.05, 3.63) is 23.3 Å². The standard InChI is InChI=1S/C18H25F3N2O2/c1-13-5-4-8-17(2,3)14(13)6-7-15(24)22-9-11-23(12-10-22)16(25)18(19,20)21/h6-7H,4-5,8-12H2,1-3H3/b7-6+. The highest BCUT2D eigenvalue weighted by Crippen LogP contribution is 2.40. The second-order valence-corrected chi connectivity index (χ2v) is 7.38. The highest BCUT2D eigenvalue weighted by atomic mass is 19.4. The van der Waals surface area contributed by atoms with E-state index in [1.807, 2.05) is 6.08 Å². The third-order valence-corrected chi connectivity index (χ3v) is 5.06. The van der Waals surface area contributed by atoms with Gasteiger partial charge in [0, 0.05) is 32.3 Å². The third kappa shape index (κ3) is 4.64. The minimum Gasteiger partial charge on any atom is -0.336 e. The van der Waals surface area contributed by atoms with E-state index in [1.54, 1.807) is 0 Å². The first-order valence-corrected chi connectivity index (χ1v) is 8.56. The summed E-state index contributed by atoms with van der Waals surface area (Å²) < 4.78 is 37.3. The van der Waals surface area contributed by atoms with Crippen LogP contribution in [0.1, 0.15) is 40.0 Å². The number of halogens is 3. The summed E-state index contributed by atoms with van der Waals surface area (Å²) in [6.07, 6.45) is 1.73. The van der Waals surface area contributed by atoms with Crippen LogP contribution in [-0.2, 0) is 9.59 Å². The van der Waals surface area contributed by atoms with E-state index in [4.69, 9.17) is 0 Å². The maximum absolute atomic E-state index is 12.4. The summed E-state index contributed by atoms with van der Waals surface area (Å²) in [5, 5.41) is 0. The lowest BCUT2D eigenvalue weighted by Crippen LogP contribution is -2.53. The summed E-state index contributed by atoms with van der Waals surface area (Å²) in [4.78, 5) is 25.8. The molecule has 1 fully saturated rings. The van der Waals surface area contributed by atoms with Crippen LogP contribution in [0, 0.1) is 5.41 Å². The van der Waals surface area contributed by atoms with Crippen LogP contribution in [0.5, 0.6) is 0 Å². The van der Waals surface area contributed by atoms with E-state index in [1.165, 1.54) is 16.5 Å². The molecule has 1 aliphatic heterocycles. The lowest BCUT2D eigenvalue weighted by atomic mass is 9.72. The molecule has 1 saturated heterocycles. The van der Waals surface area contributed by atoms with Crippen LogP contribution in [0.2, 0.25) is 0 Å². The fraction of sp³-hybridized carbons (Fsp3) is 0.667. The largest absolute Gasteiger partial charge is 0.471 e. The predicted molar refractivity (Wildman–Crippen MR) is 88.7 cm³/mol. The molecule has 0 spiro atoms. The molecule has 0 aromatic heterocycles. The van der Waals surface area contributed by atoms with Crippen LogP contribution in [0.25, 0.3) is 0 Å². The first kappa shape index (κ1) is 19.5. The van der Waals surface area contributed by atoms with E-state index in [0.717, 1.165) is 29.7 Å². The number of hydrogen-bond acceptors (Lipinski definition) is 2. The fourth-order valence-electron chi connectivity index (χ4n) is 3.58. The van der Waals surface area contributed by atoms with Crippen molar-refractivity contribution in [2.45, 2.75) is 46.2 Å². The molecule has 1 aliphatic carbocycles. The van der Waals surface area contributed by atoms with E-state index in [0.29, 0.717) is 0 Å². The third-order valence-electron chi connectivity index (χ3n) is 5.06. The second-order valence-electron chi connectivity index (χ2n) is 7.38. The molecular weight excluding hydrogens is 333 g/mol. The number of carbonyl (C=O) groups is 2. The van der Waals surface area contributed by atoms with Gasteiger partial charge in [0.15, 0.2) is 0 Å². The van der Waals surface area contributed by atoms with Gasteiger partial charge in [-0.25, -0.2) is 0 Å². The lowest BCUT2D eigenvalue weighted by Gasteiger charge is -2.35. The molecule has 0 N–H and O–H groups in total. The molecule has 0 atom stereocenters. The van der Waals surface area contributed by atoms with Crippen molar-refractivity contribution in [2.75, 3.05) is 26.2 Å². The van der Waals surface area contributed by atoms with Gasteiger partial charge >= 0.3 is 12.1 Å². The van der Waals surface area contributed by atoms with Crippen molar-refractivity contribution in [1.29, 1.82) is 0 Å². The molecular formula is C18H25F3N2O2. The Balaban J connectivity index is 1.96. The van der Waals surface area contributed by atoms with Crippen LogP contribution in [0.4, 0.5) is 13.2 Å². The SMILES string of the molecule is CC1=C(/C=C/C(=O)N2CCN(C(=O)C(F)(F)F)CC2)C(C)(C)CCC1. The summed E-state index contributed by atoms with van der Waals surface area (Å²) in [6.45, 7) is 6.43. The molecule has 2 rings (SSSR count). The minimum atomic E-state index is -4.86. The number of amides is 2. The Labute approximate surface area is 146 Å². The van der Waals surface area contributed by atoms with Crippen LogP contribution in [0.15, 0.2) is 23.3 Å². The summed E-state index contributed by atoms with van der Waals surface area (Å²) in [6, 6.07) is 0. The van der Waals surface area contributed by atoms with Gasteiger partial charge in [-0.05, 0) is 37.2 Å². The van der Waals surface area contributed by atoms with Gasteiger partial charge < -0.3 is 9.80 Å². The molecule has 0 aromatic carbocycles. The average Bonchev–Trinajstić information content (AvgIpc) is 2.52. The van der Waals surface area contributed by atoms with Crippen LogP contribution >= 0.6 is 0 Å². The van der Waals surface area contributed by atoms with Gasteiger partial charge in [0.2, 0.25) is 5.91 Å². The summed E-state index contributed by atoms with van der Waals surface area (Å²) in [5.74, 6) is -2.05. The molecule has 1 heterocycles. The van der Waals surface area contributed by atoms with E-state index in [9.17, 15) is 22.8 Å². The Bertz CT molecular complexity index is 598. The topological polar surface area (TPSA) is 40.6 Å². The average molecular weight is 358 g/mol. The molecule has 0 bridgehead atoms. The molecule has 4 nitrogen and oxygen atoms in total. The lowest BCUT2D eigenvalue weighted by molar-refractivity contribution is -0.187. The van der Waals surface area contributed by atoms with Crippen molar-refractivity contribution in [2.24, 2.45) is 5.41 Å². The van der Waals surface area contributed by atoms with Crippen molar-refractivity contribution in [1.82, 2.24) is 9.80 Å². The van der Waals surface area contributed by atoms with E-state index >= 15 is 0 Å². The van der Waals surface area contributed by atoms with Crippen LogP contribution < -0.4 is 0 Å². The van der Waals surface area contributed by atoms with Gasteiger partial charge in [-0.2, -0.15) is 13.2 Å². The normalized spacial score (nSPS) is 21.8. The first-order chi connectivity index (χ1) is 11.5. The van der Waals surface area contributed by atoms with Gasteiger partial charge in [0.1, 0.15) is 0 Å². The highest BCUT2D eigenvalue weighted by Gasteiger charge is 2.43. The van der Waals surface area contributed by atoms with Gasteiger partial charge in [-0.15, -0.1) is 0 Å². The number of hydrogen-bond donors (Lipinski definition) is 0. The Kier molecular flexibility index (Phi) is 5.64. The Morgan fingerprint density at radius 3 is 2.16 bits per heavy atom. The van der Waals surface area contributed by atoms with Crippen molar-refractivity contribution in [3.63, 3.8) is 0 Å². The van der Waals surface area contributed by atoms with E-state index in [-0.39, 0.29) is 37.5 Å². The van der Waals surface area contributed by atoms with E-state index in [2.05, 4.69) is 20.8 Å². The number of carbonyl (C=O) groups excluding carboxylic acids is 2. The zero-order valence-corrected chi connectivity index (χ0v) is 14.9. The van der Waals surface area contributed by atoms with Crippen molar-refractivity contribution >= 4 is 11.8 Å². The smallest absolute Gasteiger partial charge is 0.336 e. The zero-order chi connectivity index (χ0) is 18.8. The molecule has 7 heteroatoms. The quantitative estimate of drug-likeness (QED) is 0.711. The van der Waals surface area contributed by atoms with Gasteiger partial charge in [0.25, 0.3) is 0 Å². The van der Waals surface area contributed by atoms with Crippen LogP contribution in [-0.4, -0.2) is 54.0 Å². The van der Waals surface area contributed by atoms with Gasteiger partial charge in [-0.3, -0.25) is 9.59 Å². The fourth-order valence-corrected chi connectivity index (χ4v) is 3.58. The molecule has 2 amide bonds. The molecule has 25 heavy (non-hydrogen) atoms. The number of allylic oxidation sites excluding steroid dienone is 3. The Morgan fingerprint density at radius 2 is 1.64 bits per heavy atom. The monoisotopic (exact) mass is 358 g/mol. The maximum Gasteiger partial charge on any atom is 0.471 e. The van der Waals surface area contributed by atoms with Gasteiger partial charge in [-0.1, -0.05) is 25.5 Å². The molecule has 0 saturated carbocycles. The summed E-state index contributed by atoms with van der Waals surface area (Å²) >= 11 is 0. The van der Waals surface area contributed by atoms with E-state index < -0.39 is 12.1 Å². The van der Waals surface area contributed by atoms with Crippen LogP contribution in [0.3, 0.4) is 0 Å². The number of nitrogens with zero attached hydrogens (tertiary/aromatic N) is 2. The highest BCUT2D eigenvalue weighted by molar-refractivity contribution is 5.88. The number of alkyl halides is 3. The zero-order valence-electron chi connectivity index (χ0n) is 14.9. The maximum atomic E-state index is 12.4. The summed E-state index contributed by atoms with van der Waals surface area (Å²) in [5.41, 5.74) is 2.47.